The summed E-state index contributed by atoms with van der Waals surface area (Å²) in [7, 11) is 0. The molecule has 0 aliphatic carbocycles. The maximum atomic E-state index is 11.9. The molecule has 1 saturated heterocycles. The smallest absolute Gasteiger partial charge is 0.251 e. The van der Waals surface area contributed by atoms with Crippen LogP contribution in [0.4, 0.5) is 5.82 Å². The predicted octanol–water partition coefficient (Wildman–Crippen LogP) is 2.77. The van der Waals surface area contributed by atoms with Crippen LogP contribution < -0.4 is 10.5 Å². The first-order valence-electron chi connectivity index (χ1n) is 9.82. The molecule has 4 rings (SSSR count). The quantitative estimate of drug-likeness (QED) is 0.742. The van der Waals surface area contributed by atoms with Gasteiger partial charge in [-0.3, -0.25) is 14.7 Å². The van der Waals surface area contributed by atoms with Gasteiger partial charge in [-0.1, -0.05) is 0 Å². The van der Waals surface area contributed by atoms with Crippen LogP contribution in [-0.2, 0) is 0 Å². The van der Waals surface area contributed by atoms with Gasteiger partial charge in [0.15, 0.2) is 0 Å². The van der Waals surface area contributed by atoms with Crippen molar-refractivity contribution in [2.45, 2.75) is 32.9 Å². The fraction of sp³-hybridized carbons (Fsp3) is 0.364. The lowest BCUT2D eigenvalue weighted by atomic mass is 10.0. The van der Waals surface area contributed by atoms with E-state index < -0.39 is 0 Å². The first-order valence-corrected chi connectivity index (χ1v) is 9.82. The number of aromatic nitrogens is 3. The molecule has 0 aromatic carbocycles. The van der Waals surface area contributed by atoms with Gasteiger partial charge in [-0.2, -0.15) is 5.26 Å². The number of anilines is 1. The molecule has 0 spiro atoms. The molecule has 29 heavy (non-hydrogen) atoms. The molecule has 1 fully saturated rings. The SMILES string of the molecule is Cc1cc2ncc(C(C)N3CCN(c4ccc(C#N)cn4)[C@H](C)C3)cc2[nH]c1=O. The van der Waals surface area contributed by atoms with E-state index in [1.54, 1.807) is 13.1 Å². The molecule has 1 aliphatic heterocycles. The van der Waals surface area contributed by atoms with Gasteiger partial charge in [0.25, 0.3) is 5.56 Å². The number of nitrogens with zero attached hydrogens (tertiary/aromatic N) is 5. The van der Waals surface area contributed by atoms with E-state index >= 15 is 0 Å². The molecule has 7 nitrogen and oxygen atoms in total. The van der Waals surface area contributed by atoms with Crippen LogP contribution in [0, 0.1) is 18.3 Å². The normalized spacial score (nSPS) is 18.6. The lowest BCUT2D eigenvalue weighted by Crippen LogP contribution is -2.52. The zero-order valence-electron chi connectivity index (χ0n) is 16.9. The Morgan fingerprint density at radius 2 is 2.07 bits per heavy atom. The van der Waals surface area contributed by atoms with Gasteiger partial charge in [-0.25, -0.2) is 4.98 Å². The van der Waals surface area contributed by atoms with Crippen LogP contribution in [-0.4, -0.2) is 45.5 Å². The van der Waals surface area contributed by atoms with E-state index in [0.29, 0.717) is 17.2 Å². The minimum absolute atomic E-state index is 0.0683. The molecule has 7 heteroatoms. The standard InChI is InChI=1S/C22H24N6O/c1-14-8-19-20(26-22(14)29)9-18(12-24-19)16(3)27-6-7-28(15(2)13-27)21-5-4-17(10-23)11-25-21/h4-5,8-9,11-12,15-16H,6-7,13H2,1-3H3,(H,26,29)/t15-,16?/m1/s1. The highest BCUT2D eigenvalue weighted by Crippen LogP contribution is 2.26. The second-order valence-corrected chi connectivity index (χ2v) is 7.71. The zero-order chi connectivity index (χ0) is 20.5. The van der Waals surface area contributed by atoms with Crippen molar-refractivity contribution in [3.05, 3.63) is 63.7 Å². The second-order valence-electron chi connectivity index (χ2n) is 7.71. The van der Waals surface area contributed by atoms with Crippen molar-refractivity contribution in [2.24, 2.45) is 0 Å². The van der Waals surface area contributed by atoms with E-state index in [-0.39, 0.29) is 11.6 Å². The van der Waals surface area contributed by atoms with E-state index in [1.165, 1.54) is 0 Å². The number of nitriles is 1. The van der Waals surface area contributed by atoms with Crippen molar-refractivity contribution in [3.8, 4) is 6.07 Å². The van der Waals surface area contributed by atoms with Crippen LogP contribution in [0.1, 0.15) is 36.6 Å². The molecule has 3 aromatic rings. The van der Waals surface area contributed by atoms with Crippen molar-refractivity contribution in [1.82, 2.24) is 19.9 Å². The number of rotatable bonds is 3. The molecule has 1 aliphatic rings. The molecule has 0 bridgehead atoms. The van der Waals surface area contributed by atoms with Crippen LogP contribution in [0.3, 0.4) is 0 Å². The summed E-state index contributed by atoms with van der Waals surface area (Å²) in [6.45, 7) is 8.82. The molecular weight excluding hydrogens is 364 g/mol. The van der Waals surface area contributed by atoms with Crippen LogP contribution in [0.5, 0.6) is 0 Å². The number of aryl methyl sites for hydroxylation is 1. The first kappa shape index (κ1) is 19.1. The summed E-state index contributed by atoms with van der Waals surface area (Å²) in [4.78, 5) is 28.6. The highest BCUT2D eigenvalue weighted by molar-refractivity contribution is 5.74. The lowest BCUT2D eigenvalue weighted by Gasteiger charge is -2.43. The number of hydrogen-bond acceptors (Lipinski definition) is 6. The van der Waals surface area contributed by atoms with Crippen LogP contribution in [0.2, 0.25) is 0 Å². The molecular formula is C22H24N6O. The van der Waals surface area contributed by atoms with Gasteiger partial charge in [0.2, 0.25) is 0 Å². The summed E-state index contributed by atoms with van der Waals surface area (Å²) in [5, 5.41) is 8.95. The second kappa shape index (κ2) is 7.64. The zero-order valence-corrected chi connectivity index (χ0v) is 16.9. The Morgan fingerprint density at radius 1 is 1.24 bits per heavy atom. The van der Waals surface area contributed by atoms with Crippen molar-refractivity contribution in [1.29, 1.82) is 5.26 Å². The van der Waals surface area contributed by atoms with E-state index in [0.717, 1.165) is 42.0 Å². The van der Waals surface area contributed by atoms with E-state index in [9.17, 15) is 4.79 Å². The minimum Gasteiger partial charge on any atom is -0.351 e. The van der Waals surface area contributed by atoms with E-state index in [4.69, 9.17) is 5.26 Å². The Hall–Kier alpha value is -3.24. The number of aromatic amines is 1. The van der Waals surface area contributed by atoms with Crippen molar-refractivity contribution in [3.63, 3.8) is 0 Å². The van der Waals surface area contributed by atoms with Gasteiger partial charge in [0, 0.05) is 49.7 Å². The summed E-state index contributed by atoms with van der Waals surface area (Å²) in [5.74, 6) is 0.907. The van der Waals surface area contributed by atoms with Gasteiger partial charge in [-0.15, -0.1) is 0 Å². The summed E-state index contributed by atoms with van der Waals surface area (Å²) in [6, 6.07) is 10.2. The van der Waals surface area contributed by atoms with Gasteiger partial charge < -0.3 is 9.88 Å². The van der Waals surface area contributed by atoms with Gasteiger partial charge >= 0.3 is 0 Å². The number of nitrogens with one attached hydrogen (secondary N) is 1. The Bertz CT molecular complexity index is 1130. The van der Waals surface area contributed by atoms with Gasteiger partial charge in [0.1, 0.15) is 11.9 Å². The molecule has 1 N–H and O–H groups in total. The molecule has 0 amide bonds. The third-order valence-electron chi connectivity index (χ3n) is 5.76. The fourth-order valence-electron chi connectivity index (χ4n) is 3.94. The summed E-state index contributed by atoms with van der Waals surface area (Å²) in [6.07, 6.45) is 3.53. The molecule has 0 saturated carbocycles. The number of hydrogen-bond donors (Lipinski definition) is 1. The van der Waals surface area contributed by atoms with Crippen LogP contribution in [0.25, 0.3) is 11.0 Å². The molecule has 1 unspecified atom stereocenters. The van der Waals surface area contributed by atoms with Crippen molar-refractivity contribution < 1.29 is 0 Å². The molecule has 0 radical (unpaired) electrons. The maximum absolute atomic E-state index is 11.9. The highest BCUT2D eigenvalue weighted by Gasteiger charge is 2.28. The molecule has 3 aromatic heterocycles. The first-order chi connectivity index (χ1) is 14.0. The fourth-order valence-corrected chi connectivity index (χ4v) is 3.94. The number of fused-ring (bicyclic) bond motifs is 1. The number of piperazine rings is 1. The van der Waals surface area contributed by atoms with Gasteiger partial charge in [-0.05, 0) is 50.6 Å². The Morgan fingerprint density at radius 3 is 2.76 bits per heavy atom. The third-order valence-corrected chi connectivity index (χ3v) is 5.76. The van der Waals surface area contributed by atoms with Crippen LogP contribution >= 0.6 is 0 Å². The maximum Gasteiger partial charge on any atom is 0.251 e. The Kier molecular flexibility index (Phi) is 5.03. The average molecular weight is 388 g/mol. The average Bonchev–Trinajstić information content (AvgIpc) is 2.74. The monoisotopic (exact) mass is 388 g/mol. The summed E-state index contributed by atoms with van der Waals surface area (Å²) >= 11 is 0. The van der Waals surface area contributed by atoms with E-state index in [1.807, 2.05) is 30.5 Å². The third kappa shape index (κ3) is 3.71. The van der Waals surface area contributed by atoms with Crippen LogP contribution in [0.15, 0.2) is 41.5 Å². The molecule has 4 heterocycles. The number of pyridine rings is 3. The Labute approximate surface area is 169 Å². The topological polar surface area (TPSA) is 88.9 Å². The largest absolute Gasteiger partial charge is 0.351 e. The predicted molar refractivity (Wildman–Crippen MR) is 113 cm³/mol. The minimum atomic E-state index is -0.0683. The van der Waals surface area contributed by atoms with Crippen molar-refractivity contribution >= 4 is 16.9 Å². The Balaban J connectivity index is 1.51. The van der Waals surface area contributed by atoms with Gasteiger partial charge in [0.05, 0.1) is 16.6 Å². The number of H-pyrrole nitrogens is 1. The summed E-state index contributed by atoms with van der Waals surface area (Å²) < 4.78 is 0. The molecule has 148 valence electrons. The van der Waals surface area contributed by atoms with E-state index in [2.05, 4.69) is 44.7 Å². The molecule has 2 atom stereocenters. The highest BCUT2D eigenvalue weighted by atomic mass is 16.1. The van der Waals surface area contributed by atoms with Crippen molar-refractivity contribution in [2.75, 3.05) is 24.5 Å². The summed E-state index contributed by atoms with van der Waals surface area (Å²) in [5.41, 5.74) is 3.86. The lowest BCUT2D eigenvalue weighted by molar-refractivity contribution is 0.175.